The van der Waals surface area contributed by atoms with Gasteiger partial charge in [0.15, 0.2) is 0 Å². The third-order valence-electron chi connectivity index (χ3n) is 3.46. The second kappa shape index (κ2) is 9.28. The summed E-state index contributed by atoms with van der Waals surface area (Å²) in [6, 6.07) is 0.233. The van der Waals surface area contributed by atoms with Gasteiger partial charge in [-0.1, -0.05) is 6.42 Å². The van der Waals surface area contributed by atoms with Gasteiger partial charge in [-0.15, -0.1) is 0 Å². The molecule has 19 heavy (non-hydrogen) atoms. The molecule has 112 valence electrons. The molecule has 0 aliphatic carbocycles. The van der Waals surface area contributed by atoms with Crippen molar-refractivity contribution in [3.05, 3.63) is 0 Å². The van der Waals surface area contributed by atoms with Crippen LogP contribution in [0.2, 0.25) is 0 Å². The lowest BCUT2D eigenvalue weighted by molar-refractivity contribution is -0.123. The van der Waals surface area contributed by atoms with E-state index in [1.807, 2.05) is 13.8 Å². The molecule has 0 saturated carbocycles. The summed E-state index contributed by atoms with van der Waals surface area (Å²) in [6.07, 6.45) is 3.61. The van der Waals surface area contributed by atoms with Crippen molar-refractivity contribution in [2.75, 3.05) is 45.8 Å². The number of hydrogen-bond donors (Lipinski definition) is 2. The first-order valence-electron chi connectivity index (χ1n) is 7.56. The van der Waals surface area contributed by atoms with Gasteiger partial charge in [-0.2, -0.15) is 0 Å². The van der Waals surface area contributed by atoms with Crippen LogP contribution in [0.1, 0.15) is 33.1 Å². The van der Waals surface area contributed by atoms with Crippen LogP contribution >= 0.6 is 0 Å². The summed E-state index contributed by atoms with van der Waals surface area (Å²) in [6.45, 7) is 10.7. The van der Waals surface area contributed by atoms with Crippen molar-refractivity contribution in [3.63, 3.8) is 0 Å². The van der Waals surface area contributed by atoms with Crippen molar-refractivity contribution in [2.24, 2.45) is 5.73 Å². The first-order valence-corrected chi connectivity index (χ1v) is 7.56. The van der Waals surface area contributed by atoms with Gasteiger partial charge in [-0.05, 0) is 39.8 Å². The zero-order valence-corrected chi connectivity index (χ0v) is 12.5. The van der Waals surface area contributed by atoms with E-state index < -0.39 is 0 Å². The Hall–Kier alpha value is -0.650. The summed E-state index contributed by atoms with van der Waals surface area (Å²) in [5.74, 6) is 0.145. The monoisotopic (exact) mass is 270 g/mol. The Bertz CT molecular complexity index is 250. The molecular formula is C14H30N4O. The summed E-state index contributed by atoms with van der Waals surface area (Å²) >= 11 is 0. The Balaban J connectivity index is 2.09. The molecule has 5 nitrogen and oxygen atoms in total. The second-order valence-electron chi connectivity index (χ2n) is 5.69. The summed E-state index contributed by atoms with van der Waals surface area (Å²) in [5.41, 5.74) is 5.49. The number of unbranched alkanes of at least 4 members (excludes halogenated alkanes) is 2. The topological polar surface area (TPSA) is 61.6 Å². The molecule has 1 aliphatic heterocycles. The minimum atomic E-state index is 0.145. The molecule has 0 spiro atoms. The number of carbonyl (C=O) groups excluding carboxylic acids is 1. The zero-order valence-electron chi connectivity index (χ0n) is 12.5. The van der Waals surface area contributed by atoms with Gasteiger partial charge in [0.2, 0.25) is 5.91 Å². The number of nitrogens with one attached hydrogen (secondary N) is 1. The Morgan fingerprint density at radius 2 is 1.74 bits per heavy atom. The third-order valence-corrected chi connectivity index (χ3v) is 3.46. The molecule has 3 N–H and O–H groups in total. The maximum Gasteiger partial charge on any atom is 0.234 e. The highest BCUT2D eigenvalue weighted by Gasteiger charge is 2.18. The molecule has 0 unspecified atom stereocenters. The van der Waals surface area contributed by atoms with Crippen molar-refractivity contribution in [1.29, 1.82) is 0 Å². The Kier molecular flexibility index (Phi) is 8.02. The largest absolute Gasteiger partial charge is 0.353 e. The first-order chi connectivity index (χ1) is 9.11. The summed E-state index contributed by atoms with van der Waals surface area (Å²) < 4.78 is 0. The number of piperazine rings is 1. The normalized spacial score (nSPS) is 17.9. The minimum Gasteiger partial charge on any atom is -0.353 e. The van der Waals surface area contributed by atoms with Gasteiger partial charge in [0.25, 0.3) is 0 Å². The van der Waals surface area contributed by atoms with E-state index in [-0.39, 0.29) is 11.9 Å². The molecule has 1 amide bonds. The highest BCUT2D eigenvalue weighted by molar-refractivity contribution is 5.78. The summed E-state index contributed by atoms with van der Waals surface area (Å²) in [4.78, 5) is 16.4. The van der Waals surface area contributed by atoms with E-state index >= 15 is 0 Å². The van der Waals surface area contributed by atoms with E-state index in [9.17, 15) is 4.79 Å². The maximum absolute atomic E-state index is 11.7. The van der Waals surface area contributed by atoms with Crippen LogP contribution in [0.3, 0.4) is 0 Å². The molecule has 0 radical (unpaired) electrons. The van der Waals surface area contributed by atoms with Gasteiger partial charge >= 0.3 is 0 Å². The SMILES string of the molecule is CC(C)NC(=O)CN1CCN(CCCCCN)CC1. The van der Waals surface area contributed by atoms with Crippen LogP contribution < -0.4 is 11.1 Å². The van der Waals surface area contributed by atoms with Crippen molar-refractivity contribution in [1.82, 2.24) is 15.1 Å². The van der Waals surface area contributed by atoms with Gasteiger partial charge in [0.05, 0.1) is 6.54 Å². The molecule has 1 aliphatic rings. The smallest absolute Gasteiger partial charge is 0.234 e. The lowest BCUT2D eigenvalue weighted by atomic mass is 10.2. The number of rotatable bonds is 8. The molecule has 0 aromatic carbocycles. The summed E-state index contributed by atoms with van der Waals surface area (Å²) in [7, 11) is 0. The molecule has 1 heterocycles. The fourth-order valence-corrected chi connectivity index (χ4v) is 2.40. The second-order valence-corrected chi connectivity index (χ2v) is 5.69. The lowest BCUT2D eigenvalue weighted by Gasteiger charge is -2.34. The lowest BCUT2D eigenvalue weighted by Crippen LogP contribution is -2.50. The van der Waals surface area contributed by atoms with Gasteiger partial charge in [0, 0.05) is 32.2 Å². The van der Waals surface area contributed by atoms with E-state index in [1.54, 1.807) is 0 Å². The van der Waals surface area contributed by atoms with E-state index in [4.69, 9.17) is 5.73 Å². The number of carbonyl (C=O) groups is 1. The number of amides is 1. The van der Waals surface area contributed by atoms with Gasteiger partial charge in [-0.25, -0.2) is 0 Å². The average molecular weight is 270 g/mol. The zero-order chi connectivity index (χ0) is 14.1. The van der Waals surface area contributed by atoms with E-state index in [1.165, 1.54) is 19.4 Å². The molecule has 0 atom stereocenters. The Morgan fingerprint density at radius 3 is 2.32 bits per heavy atom. The van der Waals surface area contributed by atoms with Crippen molar-refractivity contribution >= 4 is 5.91 Å². The van der Waals surface area contributed by atoms with Gasteiger partial charge in [0.1, 0.15) is 0 Å². The van der Waals surface area contributed by atoms with Gasteiger partial charge < -0.3 is 16.0 Å². The maximum atomic E-state index is 11.7. The fourth-order valence-electron chi connectivity index (χ4n) is 2.40. The standard InChI is InChI=1S/C14H30N4O/c1-13(2)16-14(19)12-18-10-8-17(9-11-18)7-5-3-4-6-15/h13H,3-12,15H2,1-2H3,(H,16,19). The quantitative estimate of drug-likeness (QED) is 0.621. The molecule has 1 saturated heterocycles. The number of nitrogens with two attached hydrogens (primary N) is 1. The highest BCUT2D eigenvalue weighted by Crippen LogP contribution is 2.04. The highest BCUT2D eigenvalue weighted by atomic mass is 16.2. The summed E-state index contributed by atoms with van der Waals surface area (Å²) in [5, 5.41) is 2.94. The Morgan fingerprint density at radius 1 is 1.11 bits per heavy atom. The predicted molar refractivity (Wildman–Crippen MR) is 79.1 cm³/mol. The molecule has 5 heteroatoms. The van der Waals surface area contributed by atoms with Crippen LogP contribution in [0.25, 0.3) is 0 Å². The Labute approximate surface area is 117 Å². The molecule has 0 bridgehead atoms. The fraction of sp³-hybridized carbons (Fsp3) is 0.929. The van der Waals surface area contributed by atoms with Gasteiger partial charge in [-0.3, -0.25) is 9.69 Å². The number of nitrogens with zero attached hydrogens (tertiary/aromatic N) is 2. The van der Waals surface area contributed by atoms with Crippen LogP contribution in [0.5, 0.6) is 0 Å². The minimum absolute atomic E-state index is 0.145. The van der Waals surface area contributed by atoms with Crippen LogP contribution in [-0.2, 0) is 4.79 Å². The average Bonchev–Trinajstić information content (AvgIpc) is 2.35. The van der Waals surface area contributed by atoms with Crippen molar-refractivity contribution < 1.29 is 4.79 Å². The van der Waals surface area contributed by atoms with Crippen LogP contribution in [0, 0.1) is 0 Å². The van der Waals surface area contributed by atoms with Crippen LogP contribution in [0.15, 0.2) is 0 Å². The molecule has 0 aromatic rings. The van der Waals surface area contributed by atoms with Crippen molar-refractivity contribution in [3.8, 4) is 0 Å². The first kappa shape index (κ1) is 16.4. The van der Waals surface area contributed by atoms with E-state index in [2.05, 4.69) is 15.1 Å². The third kappa shape index (κ3) is 7.50. The van der Waals surface area contributed by atoms with E-state index in [0.29, 0.717) is 6.54 Å². The molecule has 1 rings (SSSR count). The molecule has 0 aromatic heterocycles. The van der Waals surface area contributed by atoms with Crippen LogP contribution in [-0.4, -0.2) is 67.6 Å². The number of hydrogen-bond acceptors (Lipinski definition) is 4. The van der Waals surface area contributed by atoms with E-state index in [0.717, 1.165) is 39.1 Å². The molecule has 1 fully saturated rings. The predicted octanol–water partition coefficient (Wildman–Crippen LogP) is 0.258. The van der Waals surface area contributed by atoms with Crippen LogP contribution in [0.4, 0.5) is 0 Å². The van der Waals surface area contributed by atoms with Crippen molar-refractivity contribution in [2.45, 2.75) is 39.2 Å². The molecular weight excluding hydrogens is 240 g/mol.